The minimum Gasteiger partial charge on any atom is -0.366 e. The molecule has 5 atom stereocenters. The van der Waals surface area contributed by atoms with Crippen LogP contribution >= 0.6 is 0 Å². The van der Waals surface area contributed by atoms with Crippen LogP contribution < -0.4 is 5.32 Å². The summed E-state index contributed by atoms with van der Waals surface area (Å²) in [6, 6.07) is 1.23. The molecule has 5 unspecified atom stereocenters. The molecule has 0 radical (unpaired) electrons. The molecule has 3 fully saturated rings. The fourth-order valence-electron chi connectivity index (χ4n) is 5.47. The predicted molar refractivity (Wildman–Crippen MR) is 103 cm³/mol. The van der Waals surface area contributed by atoms with Crippen molar-refractivity contribution in [2.24, 2.45) is 17.8 Å². The first kappa shape index (κ1) is 18.8. The van der Waals surface area contributed by atoms with Crippen molar-refractivity contribution in [2.45, 2.75) is 77.4 Å². The van der Waals surface area contributed by atoms with Gasteiger partial charge in [-0.2, -0.15) is 0 Å². The van der Waals surface area contributed by atoms with Crippen molar-refractivity contribution in [1.29, 1.82) is 0 Å². The second-order valence-corrected chi connectivity index (χ2v) is 8.69. The number of hydrogen-bond acceptors (Lipinski definition) is 3. The molecule has 1 N–H and O–H groups in total. The topological polar surface area (TPSA) is 35.6 Å². The molecule has 1 saturated heterocycles. The highest BCUT2D eigenvalue weighted by molar-refractivity contribution is 5.81. The van der Waals surface area contributed by atoms with Gasteiger partial charge in [-0.25, -0.2) is 0 Å². The minimum atomic E-state index is 0.323. The Morgan fingerprint density at radius 3 is 2.52 bits per heavy atom. The van der Waals surface area contributed by atoms with E-state index in [0.717, 1.165) is 37.8 Å². The highest BCUT2D eigenvalue weighted by Gasteiger charge is 2.48. The Morgan fingerprint density at radius 2 is 1.96 bits per heavy atom. The normalized spacial score (nSPS) is 33.8. The number of nitrogens with zero attached hydrogens (tertiary/aromatic N) is 2. The van der Waals surface area contributed by atoms with Gasteiger partial charge in [0.2, 0.25) is 5.91 Å². The Balaban J connectivity index is 1.81. The number of hydrogen-bond donors (Lipinski definition) is 1. The summed E-state index contributed by atoms with van der Waals surface area (Å²) in [5.74, 6) is 2.21. The fourth-order valence-corrected chi connectivity index (χ4v) is 5.47. The Labute approximate surface area is 154 Å². The van der Waals surface area contributed by atoms with Gasteiger partial charge >= 0.3 is 0 Å². The molecular formula is C21H37N3O. The minimum absolute atomic E-state index is 0.323. The molecular weight excluding hydrogens is 310 g/mol. The number of rotatable bonds is 6. The Bertz CT molecular complexity index is 501. The van der Waals surface area contributed by atoms with Crippen LogP contribution in [0.5, 0.6) is 0 Å². The zero-order chi connectivity index (χ0) is 18.1. The molecule has 3 rings (SSSR count). The van der Waals surface area contributed by atoms with Gasteiger partial charge in [-0.1, -0.05) is 19.9 Å². The molecule has 3 aliphatic rings. The van der Waals surface area contributed by atoms with E-state index >= 15 is 0 Å². The zero-order valence-electron chi connectivity index (χ0n) is 16.6. The number of carbonyl (C=O) groups is 1. The van der Waals surface area contributed by atoms with Crippen LogP contribution in [0.15, 0.2) is 12.3 Å². The number of nitrogens with one attached hydrogen (secondary N) is 1. The fraction of sp³-hybridized carbons (Fsp3) is 0.857. The molecule has 1 aliphatic heterocycles. The molecule has 4 nitrogen and oxygen atoms in total. The summed E-state index contributed by atoms with van der Waals surface area (Å²) < 4.78 is 0. The van der Waals surface area contributed by atoms with Gasteiger partial charge < -0.3 is 15.1 Å². The Hall–Kier alpha value is -1.03. The van der Waals surface area contributed by atoms with Crippen LogP contribution in [0.1, 0.15) is 59.3 Å². The van der Waals surface area contributed by atoms with Crippen LogP contribution in [0, 0.1) is 17.8 Å². The van der Waals surface area contributed by atoms with Gasteiger partial charge in [-0.3, -0.25) is 4.79 Å². The van der Waals surface area contributed by atoms with Crippen LogP contribution in [-0.2, 0) is 4.79 Å². The van der Waals surface area contributed by atoms with Gasteiger partial charge in [0, 0.05) is 30.2 Å². The first-order valence-electron chi connectivity index (χ1n) is 10.4. The SMILES string of the molecule is C=C(C)N1C(C)CN(C(=O)C2CC2)C2CC(C(CC)CNC)CCC21. The van der Waals surface area contributed by atoms with Gasteiger partial charge in [0.25, 0.3) is 0 Å². The second-order valence-electron chi connectivity index (χ2n) is 8.69. The Kier molecular flexibility index (Phi) is 5.77. The average Bonchev–Trinajstić information content (AvgIpc) is 3.42. The molecule has 0 bridgehead atoms. The van der Waals surface area contributed by atoms with E-state index in [9.17, 15) is 4.79 Å². The summed E-state index contributed by atoms with van der Waals surface area (Å²) in [6.07, 6.45) is 7.07. The first-order chi connectivity index (χ1) is 12.0. The molecule has 2 aliphatic carbocycles. The number of carbonyl (C=O) groups excluding carboxylic acids is 1. The number of fused-ring (bicyclic) bond motifs is 1. The quantitative estimate of drug-likeness (QED) is 0.801. The van der Waals surface area contributed by atoms with E-state index in [-0.39, 0.29) is 0 Å². The second kappa shape index (κ2) is 7.69. The van der Waals surface area contributed by atoms with Crippen LogP contribution in [0.4, 0.5) is 0 Å². The van der Waals surface area contributed by atoms with Crippen molar-refractivity contribution in [1.82, 2.24) is 15.1 Å². The molecule has 0 spiro atoms. The summed E-state index contributed by atoms with van der Waals surface area (Å²) >= 11 is 0. The first-order valence-corrected chi connectivity index (χ1v) is 10.4. The van der Waals surface area contributed by atoms with E-state index in [0.29, 0.717) is 30.0 Å². The van der Waals surface area contributed by atoms with E-state index < -0.39 is 0 Å². The summed E-state index contributed by atoms with van der Waals surface area (Å²) in [5, 5.41) is 3.38. The van der Waals surface area contributed by atoms with Crippen molar-refractivity contribution in [2.75, 3.05) is 20.1 Å². The third kappa shape index (κ3) is 3.74. The molecule has 25 heavy (non-hydrogen) atoms. The maximum atomic E-state index is 13.0. The van der Waals surface area contributed by atoms with Gasteiger partial charge in [-0.15, -0.1) is 0 Å². The van der Waals surface area contributed by atoms with Crippen molar-refractivity contribution in [3.05, 3.63) is 12.3 Å². The lowest BCUT2D eigenvalue weighted by Crippen LogP contribution is -2.65. The van der Waals surface area contributed by atoms with E-state index in [4.69, 9.17) is 0 Å². The van der Waals surface area contributed by atoms with E-state index in [1.54, 1.807) is 0 Å². The van der Waals surface area contributed by atoms with Gasteiger partial charge in [-0.05, 0) is 71.4 Å². The molecule has 4 heteroatoms. The molecule has 0 aromatic rings. The number of amides is 1. The molecule has 0 aromatic carbocycles. The average molecular weight is 348 g/mol. The predicted octanol–water partition coefficient (Wildman–Crippen LogP) is 3.25. The largest absolute Gasteiger partial charge is 0.366 e. The van der Waals surface area contributed by atoms with Crippen molar-refractivity contribution < 1.29 is 4.79 Å². The van der Waals surface area contributed by atoms with Crippen molar-refractivity contribution >= 4 is 5.91 Å². The lowest BCUT2D eigenvalue weighted by atomic mass is 9.72. The van der Waals surface area contributed by atoms with Crippen LogP contribution in [0.25, 0.3) is 0 Å². The van der Waals surface area contributed by atoms with E-state index in [1.807, 2.05) is 0 Å². The van der Waals surface area contributed by atoms with Crippen molar-refractivity contribution in [3.63, 3.8) is 0 Å². The summed E-state index contributed by atoms with van der Waals surface area (Å²) in [5.41, 5.74) is 1.17. The van der Waals surface area contributed by atoms with Crippen LogP contribution in [-0.4, -0.2) is 54.0 Å². The zero-order valence-corrected chi connectivity index (χ0v) is 16.6. The molecule has 1 heterocycles. The van der Waals surface area contributed by atoms with Gasteiger partial charge in [0.15, 0.2) is 0 Å². The maximum absolute atomic E-state index is 13.0. The highest BCUT2D eigenvalue weighted by Crippen LogP contribution is 2.42. The number of allylic oxidation sites excluding steroid dienone is 1. The molecule has 142 valence electrons. The number of piperazine rings is 1. The molecule has 2 saturated carbocycles. The Morgan fingerprint density at radius 1 is 1.24 bits per heavy atom. The van der Waals surface area contributed by atoms with Crippen LogP contribution in [0.3, 0.4) is 0 Å². The summed E-state index contributed by atoms with van der Waals surface area (Å²) in [6.45, 7) is 12.9. The standard InChI is InChI=1S/C21H37N3O/c1-6-16(12-22-5)18-9-10-19-20(11-18)23(21(25)17-7-8-17)13-15(4)24(19)14(2)3/h15-20,22H,2,6-13H2,1,3-5H3. The van der Waals surface area contributed by atoms with Gasteiger partial charge in [0.05, 0.1) is 6.04 Å². The van der Waals surface area contributed by atoms with Crippen molar-refractivity contribution in [3.8, 4) is 0 Å². The lowest BCUT2D eigenvalue weighted by molar-refractivity contribution is -0.144. The smallest absolute Gasteiger partial charge is 0.226 e. The molecule has 0 aromatic heterocycles. The molecule has 1 amide bonds. The van der Waals surface area contributed by atoms with Gasteiger partial charge in [0.1, 0.15) is 0 Å². The van der Waals surface area contributed by atoms with E-state index in [2.05, 4.69) is 49.5 Å². The monoisotopic (exact) mass is 347 g/mol. The summed E-state index contributed by atoms with van der Waals surface area (Å²) in [4.78, 5) is 17.8. The summed E-state index contributed by atoms with van der Waals surface area (Å²) in [7, 11) is 2.06. The third-order valence-corrected chi connectivity index (χ3v) is 6.82. The maximum Gasteiger partial charge on any atom is 0.226 e. The lowest BCUT2D eigenvalue weighted by Gasteiger charge is -2.56. The third-order valence-electron chi connectivity index (χ3n) is 6.82. The van der Waals surface area contributed by atoms with Crippen LogP contribution in [0.2, 0.25) is 0 Å². The highest BCUT2D eigenvalue weighted by atomic mass is 16.2. The van der Waals surface area contributed by atoms with E-state index in [1.165, 1.54) is 31.4 Å².